The number of carbonyl (C=O) groups is 1. The molecule has 0 amide bonds. The van der Waals surface area contributed by atoms with E-state index in [1.54, 1.807) is 11.3 Å². The van der Waals surface area contributed by atoms with Crippen LogP contribution in [0.2, 0.25) is 0 Å². The van der Waals surface area contributed by atoms with E-state index in [0.717, 1.165) is 23.7 Å². The molecule has 1 unspecified atom stereocenters. The largest absolute Gasteiger partial charge is 0.323 e. The van der Waals surface area contributed by atoms with Gasteiger partial charge in [0.15, 0.2) is 5.88 Å². The molecule has 6 heteroatoms. The van der Waals surface area contributed by atoms with Crippen LogP contribution in [0.1, 0.15) is 10.6 Å². The van der Waals surface area contributed by atoms with Gasteiger partial charge in [-0.15, -0.1) is 11.3 Å². The number of nitrogens with zero attached hydrogens (tertiary/aromatic N) is 2. The van der Waals surface area contributed by atoms with Crippen molar-refractivity contribution < 1.29 is 4.79 Å². The lowest BCUT2D eigenvalue weighted by molar-refractivity contribution is -0.111. The number of rotatable bonds is 5. The van der Waals surface area contributed by atoms with Gasteiger partial charge in [0, 0.05) is 21.5 Å². The van der Waals surface area contributed by atoms with Gasteiger partial charge < -0.3 is 4.90 Å². The molecule has 1 aliphatic rings. The highest BCUT2D eigenvalue weighted by Crippen LogP contribution is 2.17. The fourth-order valence-corrected chi connectivity index (χ4v) is 4.54. The number of aromatic nitrogens is 1. The van der Waals surface area contributed by atoms with E-state index in [1.165, 1.54) is 16.6 Å². The molecule has 3 nitrogen and oxygen atoms in total. The van der Waals surface area contributed by atoms with Crippen molar-refractivity contribution in [1.82, 2.24) is 9.88 Å². The maximum Gasteiger partial charge on any atom is 0.208 e. The normalized spacial score (nSPS) is 18.6. The Labute approximate surface area is 119 Å². The maximum atomic E-state index is 11.8. The molecular formula is C12H17N2OS3+. The molecule has 0 saturated heterocycles. The molecule has 0 spiro atoms. The molecule has 1 aromatic rings. The van der Waals surface area contributed by atoms with Crippen LogP contribution in [0.4, 0.5) is 0 Å². The van der Waals surface area contributed by atoms with E-state index in [0.29, 0.717) is 17.4 Å². The number of thiazole rings is 1. The topological polar surface area (TPSA) is 33.2 Å². The molecule has 0 fully saturated rings. The minimum absolute atomic E-state index is 0.265. The third kappa shape index (κ3) is 4.03. The second kappa shape index (κ2) is 6.63. The third-order valence-electron chi connectivity index (χ3n) is 2.64. The minimum atomic E-state index is 0.265. The Hall–Kier alpha value is -0.460. The molecule has 1 aromatic heterocycles. The summed E-state index contributed by atoms with van der Waals surface area (Å²) < 4.78 is 0. The molecule has 2 rings (SSSR count). The molecule has 0 bridgehead atoms. The lowest BCUT2D eigenvalue weighted by Crippen LogP contribution is -2.24. The van der Waals surface area contributed by atoms with Gasteiger partial charge in [-0.25, -0.2) is 4.98 Å². The van der Waals surface area contributed by atoms with Crippen molar-refractivity contribution in [2.75, 3.05) is 24.4 Å². The highest BCUT2D eigenvalue weighted by atomic mass is 32.2. The number of thioether (sulfide) groups is 1. The number of hydrogen-bond acceptors (Lipinski definition) is 5. The van der Waals surface area contributed by atoms with E-state index in [1.807, 2.05) is 12.4 Å². The monoisotopic (exact) mass is 301 g/mol. The zero-order valence-electron chi connectivity index (χ0n) is 10.6. The van der Waals surface area contributed by atoms with Crippen molar-refractivity contribution in [3.8, 4) is 0 Å². The fraction of sp³-hybridized carbons (Fsp3) is 0.500. The fourth-order valence-electron chi connectivity index (χ4n) is 1.67. The predicted octanol–water partition coefficient (Wildman–Crippen LogP) is 2.25. The van der Waals surface area contributed by atoms with Gasteiger partial charge in [0.05, 0.1) is 23.9 Å². The van der Waals surface area contributed by atoms with Gasteiger partial charge in [-0.3, -0.25) is 4.79 Å². The predicted molar refractivity (Wildman–Crippen MR) is 82.0 cm³/mol. The van der Waals surface area contributed by atoms with Crippen molar-refractivity contribution in [3.05, 3.63) is 27.7 Å². The van der Waals surface area contributed by atoms with Crippen LogP contribution in [-0.4, -0.2) is 39.4 Å². The van der Waals surface area contributed by atoms with Crippen LogP contribution >= 0.6 is 23.1 Å². The Kier molecular flexibility index (Phi) is 5.14. The van der Waals surface area contributed by atoms with Crippen LogP contribution in [0, 0.1) is 6.92 Å². The summed E-state index contributed by atoms with van der Waals surface area (Å²) in [6, 6.07) is 0. The SMILES string of the molecule is Cc1ncsc1CCSC(=O)CN1C=C[S+](C)C1. The molecular weight excluding hydrogens is 284 g/mol. The van der Waals surface area contributed by atoms with Crippen molar-refractivity contribution in [3.63, 3.8) is 0 Å². The summed E-state index contributed by atoms with van der Waals surface area (Å²) in [5.41, 5.74) is 2.97. The Morgan fingerprint density at radius 2 is 2.50 bits per heavy atom. The molecule has 0 aliphatic carbocycles. The van der Waals surface area contributed by atoms with Crippen molar-refractivity contribution in [2.24, 2.45) is 0 Å². The van der Waals surface area contributed by atoms with E-state index in [2.05, 4.69) is 27.7 Å². The summed E-state index contributed by atoms with van der Waals surface area (Å²) in [5.74, 6) is 1.86. The van der Waals surface area contributed by atoms with Gasteiger partial charge in [-0.2, -0.15) is 0 Å². The second-order valence-electron chi connectivity index (χ2n) is 4.18. The van der Waals surface area contributed by atoms with E-state index in [9.17, 15) is 4.79 Å². The standard InChI is InChI=1S/C12H17N2OS3/c1-10-11(17-8-13-10)3-5-16-12(15)7-14-4-6-18(2)9-14/h4,6,8H,3,5,7,9H2,1-2H3/q+1. The zero-order chi connectivity index (χ0) is 13.0. The highest BCUT2D eigenvalue weighted by molar-refractivity contribution is 8.13. The molecule has 0 saturated carbocycles. The van der Waals surface area contributed by atoms with Crippen LogP contribution in [0.25, 0.3) is 0 Å². The van der Waals surface area contributed by atoms with Crippen LogP contribution in [0.15, 0.2) is 17.1 Å². The number of carbonyl (C=O) groups excluding carboxylic acids is 1. The lowest BCUT2D eigenvalue weighted by atomic mass is 10.3. The molecule has 1 atom stereocenters. The van der Waals surface area contributed by atoms with Crippen molar-refractivity contribution >= 4 is 39.1 Å². The minimum Gasteiger partial charge on any atom is -0.323 e. The van der Waals surface area contributed by atoms with Gasteiger partial charge >= 0.3 is 0 Å². The van der Waals surface area contributed by atoms with Crippen molar-refractivity contribution in [2.45, 2.75) is 13.3 Å². The van der Waals surface area contributed by atoms with E-state index >= 15 is 0 Å². The maximum absolute atomic E-state index is 11.8. The van der Waals surface area contributed by atoms with Crippen LogP contribution < -0.4 is 0 Å². The summed E-state index contributed by atoms with van der Waals surface area (Å²) in [4.78, 5) is 19.4. The Balaban J connectivity index is 1.66. The molecule has 1 aliphatic heterocycles. The molecule has 2 heterocycles. The first-order valence-corrected chi connectivity index (χ1v) is 9.46. The van der Waals surface area contributed by atoms with E-state index in [-0.39, 0.29) is 5.12 Å². The third-order valence-corrected chi connectivity index (χ3v) is 5.82. The molecule has 98 valence electrons. The van der Waals surface area contributed by atoms with Crippen LogP contribution in [0.3, 0.4) is 0 Å². The van der Waals surface area contributed by atoms with Gasteiger partial charge in [0.25, 0.3) is 0 Å². The van der Waals surface area contributed by atoms with Gasteiger partial charge in [0.2, 0.25) is 5.12 Å². The second-order valence-corrected chi connectivity index (χ2v) is 8.19. The molecule has 18 heavy (non-hydrogen) atoms. The van der Waals surface area contributed by atoms with Crippen LogP contribution in [0.5, 0.6) is 0 Å². The summed E-state index contributed by atoms with van der Waals surface area (Å²) >= 11 is 3.12. The average molecular weight is 301 g/mol. The lowest BCUT2D eigenvalue weighted by Gasteiger charge is -2.10. The van der Waals surface area contributed by atoms with Gasteiger partial charge in [-0.05, 0) is 13.3 Å². The first-order chi connectivity index (χ1) is 8.65. The van der Waals surface area contributed by atoms with Crippen LogP contribution in [-0.2, 0) is 22.1 Å². The molecule has 0 N–H and O–H groups in total. The van der Waals surface area contributed by atoms with Gasteiger partial charge in [-0.1, -0.05) is 11.8 Å². The number of hydrogen-bond donors (Lipinski definition) is 0. The Bertz CT molecular complexity index is 444. The summed E-state index contributed by atoms with van der Waals surface area (Å²) in [5, 5.41) is 2.44. The summed E-state index contributed by atoms with van der Waals surface area (Å²) in [6.07, 6.45) is 5.19. The van der Waals surface area contributed by atoms with E-state index in [4.69, 9.17) is 0 Å². The quantitative estimate of drug-likeness (QED) is 0.781. The number of aryl methyl sites for hydroxylation is 2. The Morgan fingerprint density at radius 1 is 1.67 bits per heavy atom. The first kappa shape index (κ1) is 14.0. The molecule has 0 radical (unpaired) electrons. The summed E-state index contributed by atoms with van der Waals surface area (Å²) in [7, 11) is 0.325. The zero-order valence-corrected chi connectivity index (χ0v) is 13.0. The summed E-state index contributed by atoms with van der Waals surface area (Å²) in [6.45, 7) is 2.57. The van der Waals surface area contributed by atoms with E-state index < -0.39 is 0 Å². The van der Waals surface area contributed by atoms with Crippen molar-refractivity contribution in [1.29, 1.82) is 0 Å². The van der Waals surface area contributed by atoms with Gasteiger partial charge in [0.1, 0.15) is 11.7 Å². The average Bonchev–Trinajstić information content (AvgIpc) is 2.89. The Morgan fingerprint density at radius 3 is 3.11 bits per heavy atom. The molecule has 0 aromatic carbocycles. The highest BCUT2D eigenvalue weighted by Gasteiger charge is 2.21. The first-order valence-electron chi connectivity index (χ1n) is 5.73. The smallest absolute Gasteiger partial charge is 0.208 e.